The first-order valence-electron chi connectivity index (χ1n) is 7.17. The fourth-order valence-electron chi connectivity index (χ4n) is 3.15. The molecule has 108 valence electrons. The van der Waals surface area contributed by atoms with Crippen LogP contribution in [-0.2, 0) is 9.59 Å². The number of piperidine rings is 1. The molecule has 2 rings (SSSR count). The molecule has 2 aliphatic heterocycles. The van der Waals surface area contributed by atoms with Gasteiger partial charge in [-0.2, -0.15) is 0 Å². The summed E-state index contributed by atoms with van der Waals surface area (Å²) in [7, 11) is 0. The van der Waals surface area contributed by atoms with Crippen LogP contribution in [0.2, 0.25) is 0 Å². The van der Waals surface area contributed by atoms with E-state index < -0.39 is 11.4 Å². The average molecular weight is 268 g/mol. The van der Waals surface area contributed by atoms with Gasteiger partial charge in [0.05, 0.1) is 5.41 Å². The van der Waals surface area contributed by atoms with Crippen molar-refractivity contribution in [2.24, 2.45) is 5.41 Å². The van der Waals surface area contributed by atoms with Crippen molar-refractivity contribution < 1.29 is 14.7 Å². The Morgan fingerprint density at radius 3 is 2.68 bits per heavy atom. The summed E-state index contributed by atoms with van der Waals surface area (Å²) >= 11 is 0. The van der Waals surface area contributed by atoms with Crippen molar-refractivity contribution in [3.63, 3.8) is 0 Å². The highest BCUT2D eigenvalue weighted by Gasteiger charge is 2.37. The van der Waals surface area contributed by atoms with Crippen LogP contribution in [0, 0.1) is 5.41 Å². The van der Waals surface area contributed by atoms with Gasteiger partial charge < -0.3 is 10.4 Å². The highest BCUT2D eigenvalue weighted by molar-refractivity contribution is 5.84. The lowest BCUT2D eigenvalue weighted by atomic mass is 9.89. The van der Waals surface area contributed by atoms with E-state index in [0.717, 1.165) is 25.9 Å². The second-order valence-corrected chi connectivity index (χ2v) is 6.43. The zero-order valence-corrected chi connectivity index (χ0v) is 11.8. The molecular weight excluding hydrogens is 244 g/mol. The molecule has 2 atom stereocenters. The van der Waals surface area contributed by atoms with Gasteiger partial charge in [-0.3, -0.25) is 14.5 Å². The molecule has 2 unspecified atom stereocenters. The van der Waals surface area contributed by atoms with Crippen LogP contribution in [0.4, 0.5) is 0 Å². The molecule has 2 N–H and O–H groups in total. The Labute approximate surface area is 114 Å². The lowest BCUT2D eigenvalue weighted by molar-refractivity contribution is -0.149. The van der Waals surface area contributed by atoms with Gasteiger partial charge in [0, 0.05) is 25.0 Å². The van der Waals surface area contributed by atoms with Crippen LogP contribution in [0.5, 0.6) is 0 Å². The summed E-state index contributed by atoms with van der Waals surface area (Å²) < 4.78 is 0. The number of amides is 1. The van der Waals surface area contributed by atoms with E-state index in [9.17, 15) is 9.59 Å². The number of carbonyl (C=O) groups is 2. The number of fused-ring (bicyclic) bond motifs is 1. The van der Waals surface area contributed by atoms with Crippen LogP contribution >= 0.6 is 0 Å². The first kappa shape index (κ1) is 14.3. The summed E-state index contributed by atoms with van der Waals surface area (Å²) in [6.07, 6.45) is 4.67. The number of carboxylic acids is 1. The summed E-state index contributed by atoms with van der Waals surface area (Å²) in [5.41, 5.74) is -0.991. The van der Waals surface area contributed by atoms with Crippen molar-refractivity contribution in [1.82, 2.24) is 10.2 Å². The minimum Gasteiger partial charge on any atom is -0.481 e. The molecule has 2 aliphatic rings. The maximum atomic E-state index is 12.0. The van der Waals surface area contributed by atoms with Gasteiger partial charge in [-0.15, -0.1) is 0 Å². The molecule has 5 heteroatoms. The van der Waals surface area contributed by atoms with Crippen molar-refractivity contribution in [2.75, 3.05) is 13.1 Å². The Balaban J connectivity index is 1.87. The maximum Gasteiger partial charge on any atom is 0.309 e. The summed E-state index contributed by atoms with van der Waals surface area (Å²) in [5.74, 6) is -1.06. The number of nitrogens with zero attached hydrogens (tertiary/aromatic N) is 1. The Morgan fingerprint density at radius 2 is 2.00 bits per heavy atom. The first-order chi connectivity index (χ1) is 8.90. The van der Waals surface area contributed by atoms with Crippen LogP contribution in [0.3, 0.4) is 0 Å². The van der Waals surface area contributed by atoms with E-state index in [4.69, 9.17) is 5.11 Å². The molecule has 5 nitrogen and oxygen atoms in total. The summed E-state index contributed by atoms with van der Waals surface area (Å²) in [6.45, 7) is 5.38. The van der Waals surface area contributed by atoms with Crippen molar-refractivity contribution in [3.8, 4) is 0 Å². The molecule has 2 heterocycles. The van der Waals surface area contributed by atoms with E-state index in [1.165, 1.54) is 12.8 Å². The molecule has 0 radical (unpaired) electrons. The topological polar surface area (TPSA) is 69.6 Å². The number of rotatable bonds is 4. The van der Waals surface area contributed by atoms with Crippen molar-refractivity contribution >= 4 is 11.9 Å². The third-order valence-electron chi connectivity index (χ3n) is 4.38. The number of aliphatic carboxylic acids is 1. The lowest BCUT2D eigenvalue weighted by Crippen LogP contribution is -2.47. The molecule has 0 aromatic rings. The molecule has 0 aliphatic carbocycles. The van der Waals surface area contributed by atoms with Crippen LogP contribution in [-0.4, -0.2) is 47.1 Å². The fraction of sp³-hybridized carbons (Fsp3) is 0.857. The van der Waals surface area contributed by atoms with Gasteiger partial charge >= 0.3 is 5.97 Å². The van der Waals surface area contributed by atoms with E-state index in [0.29, 0.717) is 6.04 Å². The van der Waals surface area contributed by atoms with Gasteiger partial charge in [0.15, 0.2) is 0 Å². The predicted molar refractivity (Wildman–Crippen MR) is 71.8 cm³/mol. The minimum absolute atomic E-state index is 0.0472. The van der Waals surface area contributed by atoms with Crippen molar-refractivity contribution in [1.29, 1.82) is 0 Å². The minimum atomic E-state index is -0.991. The zero-order valence-electron chi connectivity index (χ0n) is 11.8. The third-order valence-corrected chi connectivity index (χ3v) is 4.38. The fourth-order valence-corrected chi connectivity index (χ4v) is 3.15. The average Bonchev–Trinajstić information content (AvgIpc) is 2.72. The Hall–Kier alpha value is -1.10. The van der Waals surface area contributed by atoms with Gasteiger partial charge in [-0.25, -0.2) is 0 Å². The van der Waals surface area contributed by atoms with Crippen LogP contribution < -0.4 is 5.32 Å². The molecular formula is C14H24N2O3. The number of carboxylic acid groups (broad SMARTS) is 1. The third kappa shape index (κ3) is 3.26. The smallest absolute Gasteiger partial charge is 0.309 e. The van der Waals surface area contributed by atoms with Gasteiger partial charge in [-0.05, 0) is 39.7 Å². The normalized spacial score (nSPS) is 27.9. The SMILES string of the molecule is CC(C)(CC(=O)NC1CCN2CCCCC12)C(=O)O. The van der Waals surface area contributed by atoms with Gasteiger partial charge in [-0.1, -0.05) is 6.42 Å². The molecule has 19 heavy (non-hydrogen) atoms. The summed E-state index contributed by atoms with van der Waals surface area (Å²) in [4.78, 5) is 25.5. The number of hydrogen-bond donors (Lipinski definition) is 2. The standard InChI is InChI=1S/C14H24N2O3/c1-14(2,13(18)19)9-12(17)15-10-6-8-16-7-4-3-5-11(10)16/h10-11H,3-9H2,1-2H3,(H,15,17)(H,18,19). The van der Waals surface area contributed by atoms with Gasteiger partial charge in [0.2, 0.25) is 5.91 Å². The van der Waals surface area contributed by atoms with E-state index >= 15 is 0 Å². The monoisotopic (exact) mass is 268 g/mol. The maximum absolute atomic E-state index is 12.0. The lowest BCUT2D eigenvalue weighted by Gasteiger charge is -2.32. The van der Waals surface area contributed by atoms with Crippen LogP contribution in [0.15, 0.2) is 0 Å². The number of carbonyl (C=O) groups excluding carboxylic acids is 1. The Bertz CT molecular complexity index is 368. The van der Waals surface area contributed by atoms with E-state index in [1.54, 1.807) is 13.8 Å². The van der Waals surface area contributed by atoms with Gasteiger partial charge in [0.1, 0.15) is 0 Å². The van der Waals surface area contributed by atoms with E-state index in [1.807, 2.05) is 0 Å². The zero-order chi connectivity index (χ0) is 14.0. The summed E-state index contributed by atoms with van der Waals surface area (Å²) in [5, 5.41) is 12.1. The Morgan fingerprint density at radius 1 is 1.26 bits per heavy atom. The molecule has 0 saturated carbocycles. The highest BCUT2D eigenvalue weighted by atomic mass is 16.4. The Kier molecular flexibility index (Phi) is 4.13. The van der Waals surface area contributed by atoms with Crippen molar-refractivity contribution in [3.05, 3.63) is 0 Å². The summed E-state index contributed by atoms with van der Waals surface area (Å²) in [6, 6.07) is 0.669. The first-order valence-corrected chi connectivity index (χ1v) is 7.17. The number of hydrogen-bond acceptors (Lipinski definition) is 3. The van der Waals surface area contributed by atoms with Crippen LogP contribution in [0.25, 0.3) is 0 Å². The molecule has 2 fully saturated rings. The highest BCUT2D eigenvalue weighted by Crippen LogP contribution is 2.28. The second-order valence-electron chi connectivity index (χ2n) is 6.43. The van der Waals surface area contributed by atoms with Crippen molar-refractivity contribution in [2.45, 2.75) is 58.0 Å². The second kappa shape index (κ2) is 5.49. The number of nitrogens with one attached hydrogen (secondary N) is 1. The van der Waals surface area contributed by atoms with Crippen LogP contribution in [0.1, 0.15) is 46.0 Å². The quantitative estimate of drug-likeness (QED) is 0.804. The largest absolute Gasteiger partial charge is 0.481 e. The molecule has 0 bridgehead atoms. The van der Waals surface area contributed by atoms with E-state index in [-0.39, 0.29) is 18.4 Å². The molecule has 1 amide bonds. The van der Waals surface area contributed by atoms with E-state index in [2.05, 4.69) is 10.2 Å². The predicted octanol–water partition coefficient (Wildman–Crippen LogP) is 1.23. The molecule has 0 aromatic heterocycles. The van der Waals surface area contributed by atoms with Gasteiger partial charge in [0.25, 0.3) is 0 Å². The molecule has 2 saturated heterocycles. The molecule has 0 spiro atoms. The molecule has 0 aromatic carbocycles.